The van der Waals surface area contributed by atoms with Crippen molar-refractivity contribution in [1.29, 1.82) is 0 Å². The molecule has 1 aromatic carbocycles. The molecule has 21 heavy (non-hydrogen) atoms. The lowest BCUT2D eigenvalue weighted by atomic mass is 10.1. The molecular weight excluding hydrogens is 271 g/mol. The predicted molar refractivity (Wildman–Crippen MR) is 83.2 cm³/mol. The van der Waals surface area contributed by atoms with Gasteiger partial charge in [-0.05, 0) is 37.2 Å². The molecule has 0 aromatic heterocycles. The average molecular weight is 296 g/mol. The number of nitrogens with zero attached hydrogens (tertiary/aromatic N) is 2. The maximum Gasteiger partial charge on any atom is 0.317 e. The molecule has 0 bridgehead atoms. The lowest BCUT2D eigenvalue weighted by Crippen LogP contribution is -2.27. The molecule has 0 fully saturated rings. The summed E-state index contributed by atoms with van der Waals surface area (Å²) < 4.78 is 13.5. The third kappa shape index (κ3) is 6.12. The van der Waals surface area contributed by atoms with Gasteiger partial charge in [0.15, 0.2) is 0 Å². The van der Waals surface area contributed by atoms with Gasteiger partial charge in [0.05, 0.1) is 6.54 Å². The first-order chi connectivity index (χ1) is 9.93. The Bertz CT molecular complexity index is 466. The highest BCUT2D eigenvalue weighted by Crippen LogP contribution is 2.22. The second-order valence-corrected chi connectivity index (χ2v) is 5.47. The van der Waals surface area contributed by atoms with Gasteiger partial charge in [-0.3, -0.25) is 9.69 Å². The van der Waals surface area contributed by atoms with Gasteiger partial charge in [-0.2, -0.15) is 0 Å². The van der Waals surface area contributed by atoms with Crippen molar-refractivity contribution in [3.05, 3.63) is 29.6 Å². The zero-order valence-corrected chi connectivity index (χ0v) is 13.1. The Morgan fingerprint density at radius 2 is 2.00 bits per heavy atom. The quantitative estimate of drug-likeness (QED) is 0.712. The van der Waals surface area contributed by atoms with Crippen molar-refractivity contribution in [3.8, 4) is 0 Å². The van der Waals surface area contributed by atoms with E-state index in [2.05, 4.69) is 11.8 Å². The summed E-state index contributed by atoms with van der Waals surface area (Å²) in [5, 5.41) is 8.81. The SMILES string of the molecule is CCCCCN(C)c1ccc(F)cc1CN(C)CC(=O)O. The maximum absolute atomic E-state index is 13.5. The fourth-order valence-electron chi connectivity index (χ4n) is 2.35. The molecule has 0 atom stereocenters. The Morgan fingerprint density at radius 3 is 2.62 bits per heavy atom. The van der Waals surface area contributed by atoms with Crippen molar-refractivity contribution in [2.45, 2.75) is 32.7 Å². The number of likely N-dealkylation sites (N-methyl/N-ethyl adjacent to an activating group) is 1. The van der Waals surface area contributed by atoms with Crippen molar-refractivity contribution >= 4 is 11.7 Å². The molecule has 0 radical (unpaired) electrons. The lowest BCUT2D eigenvalue weighted by molar-refractivity contribution is -0.138. The van der Waals surface area contributed by atoms with E-state index in [1.54, 1.807) is 18.0 Å². The minimum Gasteiger partial charge on any atom is -0.480 e. The molecule has 4 nitrogen and oxygen atoms in total. The van der Waals surface area contributed by atoms with Crippen LogP contribution >= 0.6 is 0 Å². The Morgan fingerprint density at radius 1 is 1.29 bits per heavy atom. The van der Waals surface area contributed by atoms with Gasteiger partial charge in [0.2, 0.25) is 0 Å². The first-order valence-electron chi connectivity index (χ1n) is 7.34. The standard InChI is InChI=1S/C16H25FN2O2/c1-4-5-6-9-19(3)15-8-7-14(17)10-13(15)11-18(2)12-16(20)21/h7-8,10H,4-6,9,11-12H2,1-3H3,(H,20,21). The summed E-state index contributed by atoms with van der Waals surface area (Å²) in [7, 11) is 3.71. The van der Waals surface area contributed by atoms with E-state index in [9.17, 15) is 9.18 Å². The van der Waals surface area contributed by atoms with Crippen LogP contribution in [0, 0.1) is 5.82 Å². The number of hydrogen-bond donors (Lipinski definition) is 1. The second-order valence-electron chi connectivity index (χ2n) is 5.47. The molecule has 0 saturated carbocycles. The summed E-state index contributed by atoms with van der Waals surface area (Å²) in [6.07, 6.45) is 3.42. The van der Waals surface area contributed by atoms with E-state index in [1.807, 2.05) is 7.05 Å². The normalized spacial score (nSPS) is 10.9. The van der Waals surface area contributed by atoms with Gasteiger partial charge in [0.25, 0.3) is 0 Å². The van der Waals surface area contributed by atoms with Crippen LogP contribution in [0.2, 0.25) is 0 Å². The average Bonchev–Trinajstić information content (AvgIpc) is 2.37. The smallest absolute Gasteiger partial charge is 0.317 e. The molecule has 5 heteroatoms. The Balaban J connectivity index is 2.81. The number of rotatable bonds is 9. The lowest BCUT2D eigenvalue weighted by Gasteiger charge is -2.24. The van der Waals surface area contributed by atoms with Crippen molar-refractivity contribution in [3.63, 3.8) is 0 Å². The molecular formula is C16H25FN2O2. The molecule has 1 rings (SSSR count). The van der Waals surface area contributed by atoms with Crippen LogP contribution in [-0.4, -0.2) is 43.2 Å². The fourth-order valence-corrected chi connectivity index (χ4v) is 2.35. The Hall–Kier alpha value is -1.62. The zero-order chi connectivity index (χ0) is 15.8. The summed E-state index contributed by atoms with van der Waals surface area (Å²) in [6, 6.07) is 4.71. The van der Waals surface area contributed by atoms with Crippen LogP contribution in [0.5, 0.6) is 0 Å². The molecule has 0 aliphatic rings. The van der Waals surface area contributed by atoms with Crippen LogP contribution in [0.3, 0.4) is 0 Å². The molecule has 118 valence electrons. The van der Waals surface area contributed by atoms with Crippen molar-refractivity contribution in [1.82, 2.24) is 4.90 Å². The summed E-state index contributed by atoms with van der Waals surface area (Å²) in [4.78, 5) is 14.5. The van der Waals surface area contributed by atoms with Crippen LogP contribution < -0.4 is 4.90 Å². The summed E-state index contributed by atoms with van der Waals surface area (Å²) in [6.45, 7) is 3.42. The minimum absolute atomic E-state index is 0.0600. The summed E-state index contributed by atoms with van der Waals surface area (Å²) >= 11 is 0. The number of anilines is 1. The van der Waals surface area contributed by atoms with Crippen molar-refractivity contribution in [2.24, 2.45) is 0 Å². The molecule has 0 amide bonds. The first kappa shape index (κ1) is 17.4. The third-order valence-corrected chi connectivity index (χ3v) is 3.40. The molecule has 0 heterocycles. The number of aliphatic carboxylic acids is 1. The summed E-state index contributed by atoms with van der Waals surface area (Å²) in [5.74, 6) is -1.17. The molecule has 0 unspecified atom stereocenters. The predicted octanol–water partition coefficient (Wildman–Crippen LogP) is 2.97. The minimum atomic E-state index is -0.883. The van der Waals surface area contributed by atoms with Crippen molar-refractivity contribution < 1.29 is 14.3 Å². The molecule has 1 aromatic rings. The number of carboxylic acids is 1. The molecule has 1 N–H and O–H groups in total. The van der Waals surface area contributed by atoms with E-state index in [4.69, 9.17) is 5.11 Å². The topological polar surface area (TPSA) is 43.8 Å². The Labute approximate surface area is 126 Å². The molecule has 0 aliphatic carbocycles. The number of hydrogen-bond acceptors (Lipinski definition) is 3. The maximum atomic E-state index is 13.5. The highest BCUT2D eigenvalue weighted by molar-refractivity contribution is 5.69. The second kappa shape index (κ2) is 8.62. The van der Waals surface area contributed by atoms with E-state index in [-0.39, 0.29) is 12.4 Å². The number of unbranched alkanes of at least 4 members (excludes halogenated alkanes) is 2. The van der Waals surface area contributed by atoms with E-state index >= 15 is 0 Å². The van der Waals surface area contributed by atoms with Gasteiger partial charge < -0.3 is 10.0 Å². The van der Waals surface area contributed by atoms with Gasteiger partial charge >= 0.3 is 5.97 Å². The van der Waals surface area contributed by atoms with E-state index < -0.39 is 5.97 Å². The highest BCUT2D eigenvalue weighted by Gasteiger charge is 2.12. The van der Waals surface area contributed by atoms with Gasteiger partial charge in [0.1, 0.15) is 5.82 Å². The largest absolute Gasteiger partial charge is 0.480 e. The van der Waals surface area contributed by atoms with Gasteiger partial charge in [-0.1, -0.05) is 19.8 Å². The Kier molecular flexibility index (Phi) is 7.15. The molecule has 0 saturated heterocycles. The van der Waals surface area contributed by atoms with Crippen LogP contribution in [0.4, 0.5) is 10.1 Å². The molecule has 0 aliphatic heterocycles. The van der Waals surface area contributed by atoms with Crippen LogP contribution in [0.25, 0.3) is 0 Å². The van der Waals surface area contributed by atoms with E-state index in [1.165, 1.54) is 18.6 Å². The van der Waals surface area contributed by atoms with E-state index in [0.717, 1.165) is 30.6 Å². The number of benzene rings is 1. The zero-order valence-electron chi connectivity index (χ0n) is 13.1. The van der Waals surface area contributed by atoms with Crippen molar-refractivity contribution in [2.75, 3.05) is 32.1 Å². The first-order valence-corrected chi connectivity index (χ1v) is 7.34. The van der Waals surface area contributed by atoms with E-state index in [0.29, 0.717) is 6.54 Å². The number of carbonyl (C=O) groups is 1. The fraction of sp³-hybridized carbons (Fsp3) is 0.562. The third-order valence-electron chi connectivity index (χ3n) is 3.40. The van der Waals surface area contributed by atoms with Gasteiger partial charge in [-0.25, -0.2) is 4.39 Å². The monoisotopic (exact) mass is 296 g/mol. The van der Waals surface area contributed by atoms with Gasteiger partial charge in [-0.15, -0.1) is 0 Å². The highest BCUT2D eigenvalue weighted by atomic mass is 19.1. The van der Waals surface area contributed by atoms with Crippen LogP contribution in [0.1, 0.15) is 31.7 Å². The summed E-state index contributed by atoms with van der Waals surface area (Å²) in [5.41, 5.74) is 1.78. The van der Waals surface area contributed by atoms with Gasteiger partial charge in [0, 0.05) is 25.8 Å². The number of carboxylic acid groups (broad SMARTS) is 1. The number of halogens is 1. The van der Waals surface area contributed by atoms with Crippen LogP contribution in [-0.2, 0) is 11.3 Å². The van der Waals surface area contributed by atoms with Crippen LogP contribution in [0.15, 0.2) is 18.2 Å². The molecule has 0 spiro atoms.